The number of hydrogen-bond acceptors (Lipinski definition) is 5. The van der Waals surface area contributed by atoms with Gasteiger partial charge in [0, 0.05) is 29.3 Å². The molecule has 1 aromatic heterocycles. The topological polar surface area (TPSA) is 92.9 Å². The van der Waals surface area contributed by atoms with Crippen LogP contribution in [0.4, 0.5) is 17.5 Å². The third-order valence-electron chi connectivity index (χ3n) is 5.07. The van der Waals surface area contributed by atoms with E-state index in [1.807, 2.05) is 6.07 Å². The summed E-state index contributed by atoms with van der Waals surface area (Å²) in [5.41, 5.74) is 7.88. The molecule has 6 nitrogen and oxygen atoms in total. The summed E-state index contributed by atoms with van der Waals surface area (Å²) in [5.74, 6) is 1.46. The molecule has 26 heavy (non-hydrogen) atoms. The summed E-state index contributed by atoms with van der Waals surface area (Å²) in [6.07, 6.45) is 8.43. The average Bonchev–Trinajstić information content (AvgIpc) is 3.47. The van der Waals surface area contributed by atoms with E-state index in [-0.39, 0.29) is 5.91 Å². The zero-order valence-corrected chi connectivity index (χ0v) is 14.9. The Kier molecular flexibility index (Phi) is 4.73. The van der Waals surface area contributed by atoms with Gasteiger partial charge in [-0.3, -0.25) is 4.79 Å². The second-order valence-electron chi connectivity index (χ2n) is 7.33. The SMILES string of the molecule is Nc1cccc(C(=O)Nc2cc(C3CC3)nc(NC3CCCCC3)n2)c1. The van der Waals surface area contributed by atoms with Crippen LogP contribution in [0.3, 0.4) is 0 Å². The number of nitrogens with one attached hydrogen (secondary N) is 2. The standard InChI is InChI=1S/C20H25N5O/c21-15-6-4-5-14(11-15)19(26)24-18-12-17(13-9-10-13)23-20(25-18)22-16-7-2-1-3-8-16/h4-6,11-13,16H,1-3,7-10,21H2,(H2,22,23,24,25,26). The summed E-state index contributed by atoms with van der Waals surface area (Å²) >= 11 is 0. The van der Waals surface area contributed by atoms with Gasteiger partial charge < -0.3 is 16.4 Å². The van der Waals surface area contributed by atoms with Gasteiger partial charge in [-0.15, -0.1) is 0 Å². The van der Waals surface area contributed by atoms with Crippen molar-refractivity contribution >= 4 is 23.4 Å². The molecule has 1 heterocycles. The number of carbonyl (C=O) groups is 1. The van der Waals surface area contributed by atoms with Crippen molar-refractivity contribution in [3.63, 3.8) is 0 Å². The predicted molar refractivity (Wildman–Crippen MR) is 103 cm³/mol. The minimum absolute atomic E-state index is 0.207. The Morgan fingerprint density at radius 2 is 1.85 bits per heavy atom. The monoisotopic (exact) mass is 351 g/mol. The Morgan fingerprint density at radius 3 is 2.58 bits per heavy atom. The Bertz CT molecular complexity index is 797. The lowest BCUT2D eigenvalue weighted by atomic mass is 9.96. The summed E-state index contributed by atoms with van der Waals surface area (Å²) in [7, 11) is 0. The average molecular weight is 351 g/mol. The first-order valence-electron chi connectivity index (χ1n) is 9.50. The molecular formula is C20H25N5O. The number of anilines is 3. The van der Waals surface area contributed by atoms with Crippen molar-refractivity contribution in [3.8, 4) is 0 Å². The molecule has 2 fully saturated rings. The van der Waals surface area contributed by atoms with Gasteiger partial charge in [-0.1, -0.05) is 25.3 Å². The van der Waals surface area contributed by atoms with Gasteiger partial charge in [-0.2, -0.15) is 4.98 Å². The lowest BCUT2D eigenvalue weighted by molar-refractivity contribution is 0.102. The third kappa shape index (κ3) is 4.12. The zero-order valence-electron chi connectivity index (χ0n) is 14.9. The predicted octanol–water partition coefficient (Wildman–Crippen LogP) is 3.93. The molecule has 0 bridgehead atoms. The van der Waals surface area contributed by atoms with E-state index in [0.717, 1.165) is 31.4 Å². The van der Waals surface area contributed by atoms with E-state index < -0.39 is 0 Å². The van der Waals surface area contributed by atoms with E-state index in [2.05, 4.69) is 15.6 Å². The van der Waals surface area contributed by atoms with Crippen LogP contribution in [0.15, 0.2) is 30.3 Å². The molecule has 0 spiro atoms. The molecule has 0 atom stereocenters. The highest BCUT2D eigenvalue weighted by Crippen LogP contribution is 2.40. The molecule has 2 aromatic rings. The first-order chi connectivity index (χ1) is 12.7. The largest absolute Gasteiger partial charge is 0.399 e. The van der Waals surface area contributed by atoms with Crippen molar-refractivity contribution in [3.05, 3.63) is 41.6 Å². The Balaban J connectivity index is 1.53. The minimum Gasteiger partial charge on any atom is -0.399 e. The summed E-state index contributed by atoms with van der Waals surface area (Å²) < 4.78 is 0. The zero-order chi connectivity index (χ0) is 17.9. The van der Waals surface area contributed by atoms with Gasteiger partial charge in [0.25, 0.3) is 5.91 Å². The summed E-state index contributed by atoms with van der Waals surface area (Å²) in [6, 6.07) is 9.27. The van der Waals surface area contributed by atoms with Gasteiger partial charge in [0.2, 0.25) is 5.95 Å². The van der Waals surface area contributed by atoms with E-state index in [0.29, 0.717) is 35.0 Å². The van der Waals surface area contributed by atoms with Crippen LogP contribution in [0.1, 0.15) is 66.9 Å². The second-order valence-corrected chi connectivity index (χ2v) is 7.33. The third-order valence-corrected chi connectivity index (χ3v) is 5.07. The molecule has 4 N–H and O–H groups in total. The van der Waals surface area contributed by atoms with E-state index in [1.165, 1.54) is 19.3 Å². The maximum Gasteiger partial charge on any atom is 0.256 e. The van der Waals surface area contributed by atoms with Crippen LogP contribution in [0.2, 0.25) is 0 Å². The highest BCUT2D eigenvalue weighted by atomic mass is 16.1. The quantitative estimate of drug-likeness (QED) is 0.710. The molecule has 0 unspecified atom stereocenters. The number of nitrogens with two attached hydrogens (primary N) is 1. The van der Waals surface area contributed by atoms with Crippen LogP contribution in [0, 0.1) is 0 Å². The number of aromatic nitrogens is 2. The number of nitrogen functional groups attached to an aromatic ring is 1. The molecule has 136 valence electrons. The number of benzene rings is 1. The van der Waals surface area contributed by atoms with Crippen molar-refractivity contribution in [2.75, 3.05) is 16.4 Å². The fourth-order valence-corrected chi connectivity index (χ4v) is 3.48. The van der Waals surface area contributed by atoms with Crippen molar-refractivity contribution in [1.82, 2.24) is 9.97 Å². The van der Waals surface area contributed by atoms with Crippen LogP contribution < -0.4 is 16.4 Å². The van der Waals surface area contributed by atoms with Crippen molar-refractivity contribution in [1.29, 1.82) is 0 Å². The van der Waals surface area contributed by atoms with Crippen LogP contribution in [0.5, 0.6) is 0 Å². The number of hydrogen-bond donors (Lipinski definition) is 3. The van der Waals surface area contributed by atoms with E-state index in [4.69, 9.17) is 10.7 Å². The molecule has 2 saturated carbocycles. The number of amides is 1. The maximum atomic E-state index is 12.5. The Morgan fingerprint density at radius 1 is 1.04 bits per heavy atom. The van der Waals surface area contributed by atoms with E-state index in [1.54, 1.807) is 24.3 Å². The number of rotatable bonds is 5. The van der Waals surface area contributed by atoms with Gasteiger partial charge >= 0.3 is 0 Å². The lowest BCUT2D eigenvalue weighted by Gasteiger charge is -2.23. The van der Waals surface area contributed by atoms with Crippen LogP contribution in [0.25, 0.3) is 0 Å². The normalized spacial score (nSPS) is 17.7. The van der Waals surface area contributed by atoms with Gasteiger partial charge in [0.1, 0.15) is 5.82 Å². The van der Waals surface area contributed by atoms with Crippen molar-refractivity contribution in [2.45, 2.75) is 56.9 Å². The van der Waals surface area contributed by atoms with Crippen molar-refractivity contribution in [2.24, 2.45) is 0 Å². The molecule has 1 aromatic carbocycles. The smallest absolute Gasteiger partial charge is 0.256 e. The molecule has 4 rings (SSSR count). The van der Waals surface area contributed by atoms with Gasteiger partial charge in [0.05, 0.1) is 5.69 Å². The summed E-state index contributed by atoms with van der Waals surface area (Å²) in [4.78, 5) is 21.7. The van der Waals surface area contributed by atoms with Crippen LogP contribution in [-0.2, 0) is 0 Å². The van der Waals surface area contributed by atoms with Gasteiger partial charge in [-0.05, 0) is 43.9 Å². The molecule has 0 saturated heterocycles. The second kappa shape index (κ2) is 7.32. The molecule has 2 aliphatic carbocycles. The molecule has 0 aliphatic heterocycles. The van der Waals surface area contributed by atoms with Gasteiger partial charge in [0.15, 0.2) is 0 Å². The maximum absolute atomic E-state index is 12.5. The van der Waals surface area contributed by atoms with Crippen LogP contribution >= 0.6 is 0 Å². The minimum atomic E-state index is -0.207. The molecular weight excluding hydrogens is 326 g/mol. The van der Waals surface area contributed by atoms with Crippen LogP contribution in [-0.4, -0.2) is 21.9 Å². The van der Waals surface area contributed by atoms with Gasteiger partial charge in [-0.25, -0.2) is 4.98 Å². The highest BCUT2D eigenvalue weighted by molar-refractivity contribution is 6.04. The number of carbonyl (C=O) groups excluding carboxylic acids is 1. The fourth-order valence-electron chi connectivity index (χ4n) is 3.48. The molecule has 1 amide bonds. The fraction of sp³-hybridized carbons (Fsp3) is 0.450. The lowest BCUT2D eigenvalue weighted by Crippen LogP contribution is -2.24. The first kappa shape index (κ1) is 16.8. The number of nitrogens with zero attached hydrogens (tertiary/aromatic N) is 2. The first-order valence-corrected chi connectivity index (χ1v) is 9.50. The highest BCUT2D eigenvalue weighted by Gasteiger charge is 2.27. The Labute approximate surface area is 153 Å². The van der Waals surface area contributed by atoms with E-state index in [9.17, 15) is 4.79 Å². The molecule has 6 heteroatoms. The Hall–Kier alpha value is -2.63. The molecule has 2 aliphatic rings. The molecule has 0 radical (unpaired) electrons. The summed E-state index contributed by atoms with van der Waals surface area (Å²) in [6.45, 7) is 0. The van der Waals surface area contributed by atoms with E-state index >= 15 is 0 Å². The summed E-state index contributed by atoms with van der Waals surface area (Å²) in [5, 5.41) is 6.37. The van der Waals surface area contributed by atoms with Crippen molar-refractivity contribution < 1.29 is 4.79 Å².